The molecule has 0 aromatic heterocycles. The molecule has 0 aromatic rings. The van der Waals surface area contributed by atoms with Gasteiger partial charge in [0, 0.05) is 0 Å². The number of hydrogen-bond donors (Lipinski definition) is 7. The van der Waals surface area contributed by atoms with Crippen molar-refractivity contribution in [3.63, 3.8) is 0 Å². The highest BCUT2D eigenvalue weighted by atomic mass is 16.7. The molecule has 2 rings (SSSR count). The molecule has 0 aromatic carbocycles. The van der Waals surface area contributed by atoms with Crippen molar-refractivity contribution in [2.24, 2.45) is 0 Å². The van der Waals surface area contributed by atoms with Gasteiger partial charge in [-0.25, -0.2) is 0 Å². The average Bonchev–Trinajstić information content (AvgIpc) is 2.47. The van der Waals surface area contributed by atoms with Gasteiger partial charge in [0.05, 0.1) is 13.2 Å². The van der Waals surface area contributed by atoms with E-state index in [0.717, 1.165) is 0 Å². The van der Waals surface area contributed by atoms with E-state index in [9.17, 15) is 30.6 Å². The fraction of sp³-hybridized carbons (Fsp3) is 1.00. The third kappa shape index (κ3) is 3.35. The predicted molar refractivity (Wildman–Crippen MR) is 62.6 cm³/mol. The molecule has 1 unspecified atom stereocenters. The van der Waals surface area contributed by atoms with Crippen molar-refractivity contribution in [3.8, 4) is 0 Å². The predicted octanol–water partition coefficient (Wildman–Crippen LogP) is -4.76. The zero-order chi connectivity index (χ0) is 15.7. The molecule has 10 nitrogen and oxygen atoms in total. The summed E-state index contributed by atoms with van der Waals surface area (Å²) >= 11 is 0. The minimum atomic E-state index is -1.70. The molecular formula is C11H20O10. The Balaban J connectivity index is 2.05. The SMILES string of the molecule is OC[C@H]1OC(O)[C@@H](O)[C@@H](O[C@@H]2OC[C@@H](O)[C@H](O)[C@H]2O)[C@@H]1O. The molecule has 2 fully saturated rings. The van der Waals surface area contributed by atoms with Gasteiger partial charge in [-0.2, -0.15) is 0 Å². The Bertz CT molecular complexity index is 341. The van der Waals surface area contributed by atoms with Gasteiger partial charge in [0.25, 0.3) is 0 Å². The maximum Gasteiger partial charge on any atom is 0.186 e. The molecule has 0 spiro atoms. The summed E-state index contributed by atoms with van der Waals surface area (Å²) in [5.74, 6) is 0. The van der Waals surface area contributed by atoms with Crippen LogP contribution in [0.1, 0.15) is 0 Å². The van der Waals surface area contributed by atoms with Crippen molar-refractivity contribution in [3.05, 3.63) is 0 Å². The van der Waals surface area contributed by atoms with E-state index < -0.39 is 61.9 Å². The normalized spacial score (nSPS) is 51.9. The van der Waals surface area contributed by atoms with Crippen molar-refractivity contribution in [2.45, 2.75) is 55.3 Å². The van der Waals surface area contributed by atoms with E-state index in [0.29, 0.717) is 0 Å². The van der Waals surface area contributed by atoms with Gasteiger partial charge in [0.2, 0.25) is 0 Å². The first-order valence-corrected chi connectivity index (χ1v) is 6.48. The van der Waals surface area contributed by atoms with Gasteiger partial charge in [-0.05, 0) is 0 Å². The van der Waals surface area contributed by atoms with Gasteiger partial charge in [-0.1, -0.05) is 0 Å². The lowest BCUT2D eigenvalue weighted by atomic mass is 9.98. The Morgan fingerprint density at radius 1 is 0.905 bits per heavy atom. The van der Waals surface area contributed by atoms with Crippen molar-refractivity contribution in [2.75, 3.05) is 13.2 Å². The van der Waals surface area contributed by atoms with Crippen LogP contribution in [-0.4, -0.2) is 104 Å². The largest absolute Gasteiger partial charge is 0.394 e. The zero-order valence-corrected chi connectivity index (χ0v) is 11.0. The second-order valence-electron chi connectivity index (χ2n) is 5.08. The molecule has 21 heavy (non-hydrogen) atoms. The zero-order valence-electron chi connectivity index (χ0n) is 11.0. The molecule has 10 heteroatoms. The summed E-state index contributed by atoms with van der Waals surface area (Å²) < 4.78 is 15.0. The molecule has 0 bridgehead atoms. The molecule has 0 aliphatic carbocycles. The summed E-state index contributed by atoms with van der Waals surface area (Å²) in [6, 6.07) is 0. The lowest BCUT2D eigenvalue weighted by Crippen LogP contribution is -2.62. The molecule has 124 valence electrons. The highest BCUT2D eigenvalue weighted by Gasteiger charge is 2.48. The van der Waals surface area contributed by atoms with Gasteiger partial charge in [-0.15, -0.1) is 0 Å². The molecular weight excluding hydrogens is 292 g/mol. The number of ether oxygens (including phenoxy) is 3. The summed E-state index contributed by atoms with van der Waals surface area (Å²) in [5, 5.41) is 66.8. The molecule has 7 N–H and O–H groups in total. The van der Waals surface area contributed by atoms with Crippen LogP contribution in [0.2, 0.25) is 0 Å². The van der Waals surface area contributed by atoms with Crippen LogP contribution in [-0.2, 0) is 14.2 Å². The first kappa shape index (κ1) is 17.0. The van der Waals surface area contributed by atoms with E-state index >= 15 is 0 Å². The highest BCUT2D eigenvalue weighted by molar-refractivity contribution is 4.91. The maximum absolute atomic E-state index is 9.92. The van der Waals surface area contributed by atoms with E-state index in [2.05, 4.69) is 0 Å². The Labute approximate surface area is 119 Å². The fourth-order valence-corrected chi connectivity index (χ4v) is 2.28. The van der Waals surface area contributed by atoms with Gasteiger partial charge in [0.1, 0.15) is 42.7 Å². The van der Waals surface area contributed by atoms with Crippen LogP contribution in [0, 0.1) is 0 Å². The second kappa shape index (κ2) is 6.79. The summed E-state index contributed by atoms with van der Waals surface area (Å²) in [6.45, 7) is -0.940. The van der Waals surface area contributed by atoms with Gasteiger partial charge in [0.15, 0.2) is 12.6 Å². The van der Waals surface area contributed by atoms with Crippen molar-refractivity contribution >= 4 is 0 Å². The van der Waals surface area contributed by atoms with Crippen molar-refractivity contribution in [1.82, 2.24) is 0 Å². The first-order chi connectivity index (χ1) is 9.86. The van der Waals surface area contributed by atoms with Crippen LogP contribution in [0.4, 0.5) is 0 Å². The molecule has 0 radical (unpaired) electrons. The molecule has 2 aliphatic rings. The van der Waals surface area contributed by atoms with Crippen LogP contribution in [0.5, 0.6) is 0 Å². The lowest BCUT2D eigenvalue weighted by molar-refractivity contribution is -0.343. The van der Waals surface area contributed by atoms with E-state index in [4.69, 9.17) is 19.3 Å². The quantitative estimate of drug-likeness (QED) is 0.268. The molecule has 0 saturated carbocycles. The third-order valence-corrected chi connectivity index (χ3v) is 3.59. The van der Waals surface area contributed by atoms with Crippen molar-refractivity contribution < 1.29 is 50.0 Å². The topological polar surface area (TPSA) is 169 Å². The second-order valence-corrected chi connectivity index (χ2v) is 5.08. The number of rotatable bonds is 3. The van der Waals surface area contributed by atoms with E-state index in [-0.39, 0.29) is 6.61 Å². The first-order valence-electron chi connectivity index (χ1n) is 6.48. The molecule has 9 atom stereocenters. The average molecular weight is 312 g/mol. The molecule has 2 heterocycles. The molecule has 2 aliphatic heterocycles. The smallest absolute Gasteiger partial charge is 0.186 e. The summed E-state index contributed by atoms with van der Waals surface area (Å²) in [4.78, 5) is 0. The van der Waals surface area contributed by atoms with Gasteiger partial charge in [-0.3, -0.25) is 0 Å². The monoisotopic (exact) mass is 312 g/mol. The lowest BCUT2D eigenvalue weighted by Gasteiger charge is -2.43. The fourth-order valence-electron chi connectivity index (χ4n) is 2.28. The Hall–Kier alpha value is -0.400. The van der Waals surface area contributed by atoms with Crippen LogP contribution in [0.3, 0.4) is 0 Å². The highest BCUT2D eigenvalue weighted by Crippen LogP contribution is 2.26. The van der Waals surface area contributed by atoms with Crippen LogP contribution in [0.25, 0.3) is 0 Å². The van der Waals surface area contributed by atoms with Gasteiger partial charge < -0.3 is 50.0 Å². The standard InChI is InChI=1S/C11H20O10/c12-1-4-6(15)9(8(17)10(18)20-4)21-11-7(16)5(14)3(13)2-19-11/h3-18H,1-2H2/t3-,4-,5+,6-,7-,8+,9+,10?,11+/m1/s1. The maximum atomic E-state index is 9.92. The van der Waals surface area contributed by atoms with E-state index in [1.165, 1.54) is 0 Å². The minimum absolute atomic E-state index is 0.315. The Morgan fingerprint density at radius 3 is 2.19 bits per heavy atom. The third-order valence-electron chi connectivity index (χ3n) is 3.59. The summed E-state index contributed by atoms with van der Waals surface area (Å²) in [6.07, 6.45) is -13.3. The van der Waals surface area contributed by atoms with E-state index in [1.54, 1.807) is 0 Å². The van der Waals surface area contributed by atoms with Gasteiger partial charge >= 0.3 is 0 Å². The van der Waals surface area contributed by atoms with Crippen molar-refractivity contribution in [1.29, 1.82) is 0 Å². The summed E-state index contributed by atoms with van der Waals surface area (Å²) in [5.41, 5.74) is 0. The summed E-state index contributed by atoms with van der Waals surface area (Å²) in [7, 11) is 0. The number of aliphatic hydroxyl groups excluding tert-OH is 7. The van der Waals surface area contributed by atoms with Crippen LogP contribution >= 0.6 is 0 Å². The number of hydrogen-bond acceptors (Lipinski definition) is 10. The van der Waals surface area contributed by atoms with Crippen LogP contribution in [0.15, 0.2) is 0 Å². The molecule has 0 amide bonds. The Kier molecular flexibility index (Phi) is 5.48. The number of aliphatic hydroxyl groups is 7. The van der Waals surface area contributed by atoms with Crippen LogP contribution < -0.4 is 0 Å². The minimum Gasteiger partial charge on any atom is -0.394 e. The Morgan fingerprint density at radius 2 is 1.57 bits per heavy atom. The molecule has 2 saturated heterocycles. The van der Waals surface area contributed by atoms with E-state index in [1.807, 2.05) is 0 Å².